The van der Waals surface area contributed by atoms with E-state index in [1.165, 1.54) is 5.56 Å². The van der Waals surface area contributed by atoms with E-state index in [9.17, 15) is 14.4 Å². The van der Waals surface area contributed by atoms with Gasteiger partial charge >= 0.3 is 5.97 Å². The Kier molecular flexibility index (Phi) is 8.81. The number of aliphatic carboxylic acids is 1. The summed E-state index contributed by atoms with van der Waals surface area (Å²) in [7, 11) is 0. The quantitative estimate of drug-likeness (QED) is 0.617. The number of carboxylic acids is 1. The molecule has 1 aliphatic rings. The van der Waals surface area contributed by atoms with E-state index >= 15 is 0 Å². The van der Waals surface area contributed by atoms with Gasteiger partial charge in [-0.25, -0.2) is 0 Å². The minimum atomic E-state index is -0.774. The highest BCUT2D eigenvalue weighted by Gasteiger charge is 2.26. The predicted octanol–water partition coefficient (Wildman–Crippen LogP) is 2.62. The number of hydrogen-bond donors (Lipinski definition) is 2. The number of benzene rings is 1. The molecule has 1 aromatic rings. The Morgan fingerprint density at radius 3 is 2.37 bits per heavy atom. The number of nitrogens with zero attached hydrogens (tertiary/aromatic N) is 1. The van der Waals surface area contributed by atoms with Crippen LogP contribution in [0.4, 0.5) is 0 Å². The largest absolute Gasteiger partial charge is 0.481 e. The van der Waals surface area contributed by atoms with Gasteiger partial charge in [0, 0.05) is 38.4 Å². The van der Waals surface area contributed by atoms with Gasteiger partial charge in [0.2, 0.25) is 11.8 Å². The van der Waals surface area contributed by atoms with Crippen LogP contribution < -0.4 is 5.32 Å². The molecule has 2 rings (SSSR count). The molecule has 0 radical (unpaired) electrons. The number of rotatable bonds is 10. The normalized spacial score (nSPS) is 14.7. The zero-order valence-electron chi connectivity index (χ0n) is 15.9. The average Bonchev–Trinajstić information content (AvgIpc) is 2.69. The molecule has 0 saturated carbocycles. The van der Waals surface area contributed by atoms with E-state index < -0.39 is 5.97 Å². The first-order valence-corrected chi connectivity index (χ1v) is 9.87. The number of piperidine rings is 1. The minimum Gasteiger partial charge on any atom is -0.481 e. The molecule has 0 unspecified atom stereocenters. The SMILES string of the molecule is O=C(O)CCCCCNC(=O)C1CCN(C(=O)CCc2ccccc2)CC1. The maximum atomic E-state index is 12.4. The molecule has 6 nitrogen and oxygen atoms in total. The maximum Gasteiger partial charge on any atom is 0.303 e. The number of aryl methyl sites for hydroxylation is 1. The first kappa shape index (κ1) is 20.9. The first-order chi connectivity index (χ1) is 13.1. The molecule has 27 heavy (non-hydrogen) atoms. The van der Waals surface area contributed by atoms with Gasteiger partial charge in [0.05, 0.1) is 0 Å². The second-order valence-corrected chi connectivity index (χ2v) is 7.14. The monoisotopic (exact) mass is 374 g/mol. The van der Waals surface area contributed by atoms with Gasteiger partial charge in [0.1, 0.15) is 0 Å². The maximum absolute atomic E-state index is 12.4. The summed E-state index contributed by atoms with van der Waals surface area (Å²) in [6, 6.07) is 10.0. The molecule has 0 aromatic heterocycles. The Balaban J connectivity index is 1.59. The Hall–Kier alpha value is -2.37. The van der Waals surface area contributed by atoms with E-state index in [-0.39, 0.29) is 24.2 Å². The second-order valence-electron chi connectivity index (χ2n) is 7.14. The zero-order valence-corrected chi connectivity index (χ0v) is 15.9. The number of nitrogens with one attached hydrogen (secondary N) is 1. The van der Waals surface area contributed by atoms with Crippen LogP contribution in [0.3, 0.4) is 0 Å². The van der Waals surface area contributed by atoms with Crippen LogP contribution in [-0.4, -0.2) is 47.4 Å². The Bertz CT molecular complexity index is 610. The molecule has 148 valence electrons. The molecule has 1 heterocycles. The number of unbranched alkanes of at least 4 members (excludes halogenated alkanes) is 2. The summed E-state index contributed by atoms with van der Waals surface area (Å²) < 4.78 is 0. The van der Waals surface area contributed by atoms with Crippen molar-refractivity contribution in [3.05, 3.63) is 35.9 Å². The number of hydrogen-bond acceptors (Lipinski definition) is 3. The summed E-state index contributed by atoms with van der Waals surface area (Å²) in [5.41, 5.74) is 1.17. The van der Waals surface area contributed by atoms with E-state index in [1.807, 2.05) is 35.2 Å². The molecule has 0 spiro atoms. The fourth-order valence-corrected chi connectivity index (χ4v) is 3.38. The highest BCUT2D eigenvalue weighted by molar-refractivity contribution is 5.80. The molecule has 2 N–H and O–H groups in total. The van der Waals surface area contributed by atoms with E-state index in [0.29, 0.717) is 45.3 Å². The van der Waals surface area contributed by atoms with Gasteiger partial charge < -0.3 is 15.3 Å². The highest BCUT2D eigenvalue weighted by atomic mass is 16.4. The van der Waals surface area contributed by atoms with Crippen molar-refractivity contribution in [3.63, 3.8) is 0 Å². The summed E-state index contributed by atoms with van der Waals surface area (Å²) in [6.45, 7) is 1.88. The smallest absolute Gasteiger partial charge is 0.303 e. The number of amides is 2. The lowest BCUT2D eigenvalue weighted by Crippen LogP contribution is -2.43. The van der Waals surface area contributed by atoms with Gasteiger partial charge in [0.25, 0.3) is 0 Å². The third-order valence-corrected chi connectivity index (χ3v) is 5.06. The van der Waals surface area contributed by atoms with Gasteiger partial charge in [-0.2, -0.15) is 0 Å². The molecular weight excluding hydrogens is 344 g/mol. The van der Waals surface area contributed by atoms with Crippen molar-refractivity contribution in [1.82, 2.24) is 10.2 Å². The summed E-state index contributed by atoms with van der Waals surface area (Å²) in [5, 5.41) is 11.5. The summed E-state index contributed by atoms with van der Waals surface area (Å²) in [5.74, 6) is -0.577. The third kappa shape index (κ3) is 7.81. The highest BCUT2D eigenvalue weighted by Crippen LogP contribution is 2.18. The van der Waals surface area contributed by atoms with Crippen molar-refractivity contribution < 1.29 is 19.5 Å². The van der Waals surface area contributed by atoms with Gasteiger partial charge in [-0.1, -0.05) is 36.8 Å². The standard InChI is InChI=1S/C21H30N2O4/c24-19(11-10-17-7-3-1-4-8-17)23-15-12-18(13-16-23)21(27)22-14-6-2-5-9-20(25)26/h1,3-4,7-8,18H,2,5-6,9-16H2,(H,22,27)(H,25,26). The summed E-state index contributed by atoms with van der Waals surface area (Å²) in [4.78, 5) is 36.9. The van der Waals surface area contributed by atoms with Crippen LogP contribution in [0.2, 0.25) is 0 Å². The van der Waals surface area contributed by atoms with E-state index in [4.69, 9.17) is 5.11 Å². The minimum absolute atomic E-state index is 0.0257. The molecule has 2 amide bonds. The van der Waals surface area contributed by atoms with Crippen LogP contribution in [-0.2, 0) is 20.8 Å². The molecule has 1 fully saturated rings. The van der Waals surface area contributed by atoms with Crippen LogP contribution in [0.25, 0.3) is 0 Å². The van der Waals surface area contributed by atoms with Crippen LogP contribution in [0.5, 0.6) is 0 Å². The number of carbonyl (C=O) groups excluding carboxylic acids is 2. The number of carbonyl (C=O) groups is 3. The van der Waals surface area contributed by atoms with Crippen molar-refractivity contribution >= 4 is 17.8 Å². The molecule has 0 aliphatic carbocycles. The lowest BCUT2D eigenvalue weighted by atomic mass is 9.95. The van der Waals surface area contributed by atoms with Crippen molar-refractivity contribution in [1.29, 1.82) is 0 Å². The molecule has 0 bridgehead atoms. The molecular formula is C21H30N2O4. The van der Waals surface area contributed by atoms with Gasteiger partial charge in [-0.05, 0) is 37.7 Å². The van der Waals surface area contributed by atoms with Crippen molar-refractivity contribution in [3.8, 4) is 0 Å². The Morgan fingerprint density at radius 1 is 1.00 bits per heavy atom. The van der Waals surface area contributed by atoms with Crippen molar-refractivity contribution in [2.24, 2.45) is 5.92 Å². The molecule has 1 aromatic carbocycles. The number of likely N-dealkylation sites (tertiary alicyclic amines) is 1. The second kappa shape index (κ2) is 11.4. The fraction of sp³-hybridized carbons (Fsp3) is 0.571. The lowest BCUT2D eigenvalue weighted by molar-refractivity contribution is -0.137. The van der Waals surface area contributed by atoms with Crippen molar-refractivity contribution in [2.75, 3.05) is 19.6 Å². The zero-order chi connectivity index (χ0) is 19.5. The van der Waals surface area contributed by atoms with E-state index in [0.717, 1.165) is 19.3 Å². The Morgan fingerprint density at radius 2 is 1.70 bits per heavy atom. The molecule has 0 atom stereocenters. The van der Waals surface area contributed by atoms with Crippen LogP contribution >= 0.6 is 0 Å². The summed E-state index contributed by atoms with van der Waals surface area (Å²) in [6.07, 6.45) is 5.12. The fourth-order valence-electron chi connectivity index (χ4n) is 3.38. The molecule has 1 saturated heterocycles. The summed E-state index contributed by atoms with van der Waals surface area (Å²) >= 11 is 0. The topological polar surface area (TPSA) is 86.7 Å². The van der Waals surface area contributed by atoms with Crippen LogP contribution in [0, 0.1) is 5.92 Å². The lowest BCUT2D eigenvalue weighted by Gasteiger charge is -2.31. The van der Waals surface area contributed by atoms with E-state index in [2.05, 4.69) is 5.32 Å². The third-order valence-electron chi connectivity index (χ3n) is 5.06. The van der Waals surface area contributed by atoms with Gasteiger partial charge in [-0.15, -0.1) is 0 Å². The predicted molar refractivity (Wildman–Crippen MR) is 103 cm³/mol. The molecule has 6 heteroatoms. The average molecular weight is 374 g/mol. The Labute approximate surface area is 160 Å². The van der Waals surface area contributed by atoms with Gasteiger partial charge in [-0.3, -0.25) is 14.4 Å². The number of carboxylic acid groups (broad SMARTS) is 1. The first-order valence-electron chi connectivity index (χ1n) is 9.87. The van der Waals surface area contributed by atoms with Crippen LogP contribution in [0.15, 0.2) is 30.3 Å². The van der Waals surface area contributed by atoms with Crippen molar-refractivity contribution in [2.45, 2.75) is 51.4 Å². The van der Waals surface area contributed by atoms with Crippen LogP contribution in [0.1, 0.15) is 50.5 Å². The van der Waals surface area contributed by atoms with Gasteiger partial charge in [0.15, 0.2) is 0 Å². The van der Waals surface area contributed by atoms with E-state index in [1.54, 1.807) is 0 Å². The molecule has 1 aliphatic heterocycles.